The molecule has 5 nitrogen and oxygen atoms in total. The van der Waals surface area contributed by atoms with Gasteiger partial charge in [0.05, 0.1) is 28.6 Å². The number of rotatable bonds is 6. The highest BCUT2D eigenvalue weighted by Gasteiger charge is 2.13. The number of nitrogens with zero attached hydrogens (tertiary/aromatic N) is 4. The molecule has 0 atom stereocenters. The summed E-state index contributed by atoms with van der Waals surface area (Å²) in [4.78, 5) is 0. The summed E-state index contributed by atoms with van der Waals surface area (Å²) in [5.41, 5.74) is 2.97. The van der Waals surface area contributed by atoms with Crippen LogP contribution in [0.1, 0.15) is 37.9 Å². The Bertz CT molecular complexity index is 570. The molecule has 0 amide bonds. The van der Waals surface area contributed by atoms with Crippen LogP contribution in [0.2, 0.25) is 5.02 Å². The summed E-state index contributed by atoms with van der Waals surface area (Å²) in [6.07, 6.45) is 2.82. The highest BCUT2D eigenvalue weighted by molar-refractivity contribution is 6.31. The van der Waals surface area contributed by atoms with Crippen LogP contribution in [0.3, 0.4) is 0 Å². The molecule has 2 aromatic rings. The molecule has 110 valence electrons. The van der Waals surface area contributed by atoms with E-state index in [0.29, 0.717) is 12.6 Å². The molecule has 20 heavy (non-hydrogen) atoms. The molecular weight excluding hydrogens is 274 g/mol. The smallest absolute Gasteiger partial charge is 0.0869 e. The van der Waals surface area contributed by atoms with Crippen LogP contribution in [0.4, 0.5) is 0 Å². The van der Waals surface area contributed by atoms with Crippen molar-refractivity contribution in [3.8, 4) is 0 Å². The fourth-order valence-electron chi connectivity index (χ4n) is 2.04. The summed E-state index contributed by atoms with van der Waals surface area (Å²) in [5.74, 6) is 0. The summed E-state index contributed by atoms with van der Waals surface area (Å²) in [6.45, 7) is 7.73. The Labute approximate surface area is 124 Å². The fourth-order valence-corrected chi connectivity index (χ4v) is 2.39. The minimum absolute atomic E-state index is 0.457. The van der Waals surface area contributed by atoms with Crippen LogP contribution in [0.5, 0.6) is 0 Å². The van der Waals surface area contributed by atoms with Gasteiger partial charge < -0.3 is 5.32 Å². The zero-order chi connectivity index (χ0) is 14.7. The topological polar surface area (TPSA) is 47.7 Å². The Morgan fingerprint density at radius 1 is 1.35 bits per heavy atom. The molecule has 0 fully saturated rings. The summed E-state index contributed by atoms with van der Waals surface area (Å²) in [6, 6.07) is 2.49. The lowest BCUT2D eigenvalue weighted by Gasteiger charge is -2.06. The summed E-state index contributed by atoms with van der Waals surface area (Å²) in [7, 11) is 1.92. The second-order valence-electron chi connectivity index (χ2n) is 5.22. The minimum Gasteiger partial charge on any atom is -0.309 e. The third kappa shape index (κ3) is 3.41. The van der Waals surface area contributed by atoms with E-state index in [2.05, 4.69) is 36.3 Å². The molecule has 0 aliphatic carbocycles. The van der Waals surface area contributed by atoms with E-state index in [1.54, 1.807) is 0 Å². The van der Waals surface area contributed by atoms with Crippen molar-refractivity contribution >= 4 is 11.6 Å². The van der Waals surface area contributed by atoms with Crippen molar-refractivity contribution in [2.24, 2.45) is 7.05 Å². The summed E-state index contributed by atoms with van der Waals surface area (Å²) in [5, 5.41) is 13.1. The van der Waals surface area contributed by atoms with Gasteiger partial charge in [-0.2, -0.15) is 10.2 Å². The fraction of sp³-hybridized carbons (Fsp3) is 0.571. The Morgan fingerprint density at radius 3 is 2.70 bits per heavy atom. The lowest BCUT2D eigenvalue weighted by Crippen LogP contribution is -2.22. The van der Waals surface area contributed by atoms with Gasteiger partial charge in [0.1, 0.15) is 0 Å². The Hall–Kier alpha value is -1.33. The predicted molar refractivity (Wildman–Crippen MR) is 80.9 cm³/mol. The van der Waals surface area contributed by atoms with Crippen LogP contribution < -0.4 is 5.32 Å². The van der Waals surface area contributed by atoms with Gasteiger partial charge in [-0.05, 0) is 12.5 Å². The first-order valence-corrected chi connectivity index (χ1v) is 7.35. The van der Waals surface area contributed by atoms with E-state index in [1.165, 1.54) is 0 Å². The molecule has 2 rings (SSSR count). The van der Waals surface area contributed by atoms with E-state index in [-0.39, 0.29) is 0 Å². The average molecular weight is 296 g/mol. The Balaban J connectivity index is 2.09. The molecule has 0 spiro atoms. The first-order chi connectivity index (χ1) is 9.51. The van der Waals surface area contributed by atoms with E-state index in [1.807, 2.05) is 28.7 Å². The van der Waals surface area contributed by atoms with Crippen LogP contribution in [0.25, 0.3) is 0 Å². The lowest BCUT2D eigenvalue weighted by atomic mass is 10.3. The van der Waals surface area contributed by atoms with E-state index in [0.717, 1.165) is 35.1 Å². The molecule has 0 aliphatic rings. The monoisotopic (exact) mass is 295 g/mol. The van der Waals surface area contributed by atoms with Crippen LogP contribution in [0.15, 0.2) is 12.3 Å². The first-order valence-electron chi connectivity index (χ1n) is 6.97. The maximum absolute atomic E-state index is 6.35. The zero-order valence-electron chi connectivity index (χ0n) is 12.5. The van der Waals surface area contributed by atoms with E-state index >= 15 is 0 Å². The van der Waals surface area contributed by atoms with E-state index < -0.39 is 0 Å². The molecule has 2 heterocycles. The van der Waals surface area contributed by atoms with Gasteiger partial charge in [-0.3, -0.25) is 9.36 Å². The molecule has 0 saturated carbocycles. The van der Waals surface area contributed by atoms with Crippen molar-refractivity contribution in [2.75, 3.05) is 0 Å². The molecule has 6 heteroatoms. The molecule has 0 saturated heterocycles. The maximum Gasteiger partial charge on any atom is 0.0869 e. The van der Waals surface area contributed by atoms with Crippen LogP contribution in [-0.2, 0) is 26.6 Å². The molecule has 1 N–H and O–H groups in total. The molecule has 0 bridgehead atoms. The highest BCUT2D eigenvalue weighted by Crippen LogP contribution is 2.21. The van der Waals surface area contributed by atoms with Crippen LogP contribution in [0, 0.1) is 0 Å². The van der Waals surface area contributed by atoms with E-state index in [9.17, 15) is 0 Å². The minimum atomic E-state index is 0.457. The van der Waals surface area contributed by atoms with Crippen molar-refractivity contribution in [1.29, 1.82) is 0 Å². The molecular formula is C14H22ClN5. The Kier molecular flexibility index (Phi) is 4.83. The Morgan fingerprint density at radius 2 is 2.10 bits per heavy atom. The molecule has 0 radical (unpaired) electrons. The highest BCUT2D eigenvalue weighted by atomic mass is 35.5. The van der Waals surface area contributed by atoms with Gasteiger partial charge in [0.2, 0.25) is 0 Å². The molecule has 0 aliphatic heterocycles. The molecule has 0 unspecified atom stereocenters. The van der Waals surface area contributed by atoms with Gasteiger partial charge in [0.15, 0.2) is 0 Å². The summed E-state index contributed by atoms with van der Waals surface area (Å²) >= 11 is 6.35. The average Bonchev–Trinajstić information content (AvgIpc) is 2.96. The number of nitrogens with one attached hydrogen (secondary N) is 1. The number of halogens is 1. The third-order valence-corrected chi connectivity index (χ3v) is 3.64. The number of aryl methyl sites for hydroxylation is 2. The van der Waals surface area contributed by atoms with Crippen molar-refractivity contribution in [2.45, 2.75) is 46.3 Å². The van der Waals surface area contributed by atoms with Crippen molar-refractivity contribution in [1.82, 2.24) is 24.9 Å². The van der Waals surface area contributed by atoms with Gasteiger partial charge in [-0.1, -0.05) is 32.4 Å². The van der Waals surface area contributed by atoms with Crippen LogP contribution in [-0.4, -0.2) is 25.6 Å². The summed E-state index contributed by atoms with van der Waals surface area (Å²) < 4.78 is 3.74. The number of aromatic nitrogens is 4. The standard InChI is InChI=1S/C14H22ClN5/c1-5-12-14(15)13(19(4)18-12)9-20-7-6-11(17-20)8-16-10(2)3/h6-7,10,16H,5,8-9H2,1-4H3. The van der Waals surface area contributed by atoms with Gasteiger partial charge in [0.25, 0.3) is 0 Å². The first kappa shape index (κ1) is 15.1. The maximum atomic E-state index is 6.35. The van der Waals surface area contributed by atoms with Crippen molar-refractivity contribution in [3.05, 3.63) is 34.4 Å². The molecule has 0 aromatic carbocycles. The lowest BCUT2D eigenvalue weighted by molar-refractivity contribution is 0.564. The third-order valence-electron chi connectivity index (χ3n) is 3.20. The number of hydrogen-bond acceptors (Lipinski definition) is 3. The van der Waals surface area contributed by atoms with Gasteiger partial charge in [0, 0.05) is 25.8 Å². The van der Waals surface area contributed by atoms with Crippen molar-refractivity contribution in [3.63, 3.8) is 0 Å². The second-order valence-corrected chi connectivity index (χ2v) is 5.60. The quantitative estimate of drug-likeness (QED) is 0.890. The molecule has 2 aromatic heterocycles. The largest absolute Gasteiger partial charge is 0.309 e. The second kappa shape index (κ2) is 6.41. The predicted octanol–water partition coefficient (Wildman–Crippen LogP) is 2.38. The SMILES string of the molecule is CCc1nn(C)c(Cn2ccc(CNC(C)C)n2)c1Cl. The number of hydrogen-bond donors (Lipinski definition) is 1. The van der Waals surface area contributed by atoms with Gasteiger partial charge >= 0.3 is 0 Å². The normalized spacial score (nSPS) is 11.5. The van der Waals surface area contributed by atoms with Gasteiger partial charge in [-0.15, -0.1) is 0 Å². The van der Waals surface area contributed by atoms with E-state index in [4.69, 9.17) is 11.6 Å². The van der Waals surface area contributed by atoms with Crippen LogP contribution >= 0.6 is 11.6 Å². The van der Waals surface area contributed by atoms with Crippen molar-refractivity contribution < 1.29 is 0 Å². The van der Waals surface area contributed by atoms with Gasteiger partial charge in [-0.25, -0.2) is 0 Å². The zero-order valence-corrected chi connectivity index (χ0v) is 13.3.